The second-order valence-electron chi connectivity index (χ2n) is 7.59. The molecule has 3 aromatic rings. The van der Waals surface area contributed by atoms with Crippen LogP contribution in [0.4, 0.5) is 4.39 Å². The molecule has 1 saturated heterocycles. The zero-order valence-electron chi connectivity index (χ0n) is 17.4. The van der Waals surface area contributed by atoms with E-state index in [-0.39, 0.29) is 24.2 Å². The van der Waals surface area contributed by atoms with Gasteiger partial charge in [-0.2, -0.15) is 0 Å². The van der Waals surface area contributed by atoms with E-state index in [4.69, 9.17) is 13.9 Å². The Hall–Kier alpha value is -3.35. The molecule has 0 aliphatic carbocycles. The van der Waals surface area contributed by atoms with E-state index in [1.807, 2.05) is 24.3 Å². The number of para-hydroxylation sites is 1. The summed E-state index contributed by atoms with van der Waals surface area (Å²) in [4.78, 5) is 18.8. The Labute approximate surface area is 180 Å². The molecule has 6 nitrogen and oxygen atoms in total. The topological polar surface area (TPSA) is 64.8 Å². The van der Waals surface area contributed by atoms with Gasteiger partial charge in [-0.3, -0.25) is 4.79 Å². The number of hydrogen-bond acceptors (Lipinski definition) is 5. The first kappa shape index (κ1) is 20.9. The third kappa shape index (κ3) is 5.23. The smallest absolute Gasteiger partial charge is 0.260 e. The van der Waals surface area contributed by atoms with Crippen LogP contribution in [0.1, 0.15) is 36.0 Å². The first-order valence-corrected chi connectivity index (χ1v) is 10.3. The predicted octanol–water partition coefficient (Wildman–Crippen LogP) is 4.20. The zero-order valence-corrected chi connectivity index (χ0v) is 17.4. The number of methoxy groups -OCH3 is 1. The third-order valence-corrected chi connectivity index (χ3v) is 5.40. The Morgan fingerprint density at radius 2 is 2.13 bits per heavy atom. The number of carbonyl (C=O) groups excluding carboxylic acids is 1. The average molecular weight is 424 g/mol. The SMILES string of the molecule is COc1cccc(Cc2cnc([C@H]3CCCN(C(=O)COc4ccccc4F)C3)o2)c1. The molecule has 0 unspecified atom stereocenters. The first-order valence-electron chi connectivity index (χ1n) is 10.3. The number of piperidine rings is 1. The quantitative estimate of drug-likeness (QED) is 0.569. The molecular weight excluding hydrogens is 399 g/mol. The highest BCUT2D eigenvalue weighted by Gasteiger charge is 2.28. The number of oxazole rings is 1. The van der Waals surface area contributed by atoms with E-state index in [0.29, 0.717) is 25.4 Å². The minimum absolute atomic E-state index is 0.0326. The zero-order chi connectivity index (χ0) is 21.6. The molecule has 1 fully saturated rings. The Morgan fingerprint density at radius 1 is 1.26 bits per heavy atom. The molecular formula is C24H25FN2O4. The molecule has 0 radical (unpaired) electrons. The second-order valence-corrected chi connectivity index (χ2v) is 7.59. The third-order valence-electron chi connectivity index (χ3n) is 5.40. The molecule has 162 valence electrons. The van der Waals surface area contributed by atoms with Gasteiger partial charge in [0.05, 0.1) is 19.2 Å². The molecule has 31 heavy (non-hydrogen) atoms. The summed E-state index contributed by atoms with van der Waals surface area (Å²) in [5.74, 6) is 1.69. The number of amides is 1. The van der Waals surface area contributed by atoms with Crippen molar-refractivity contribution in [1.29, 1.82) is 0 Å². The Bertz CT molecular complexity index is 1040. The maximum Gasteiger partial charge on any atom is 0.260 e. The molecule has 1 aliphatic heterocycles. The number of carbonyl (C=O) groups is 1. The Balaban J connectivity index is 1.35. The van der Waals surface area contributed by atoms with Gasteiger partial charge in [-0.1, -0.05) is 24.3 Å². The van der Waals surface area contributed by atoms with Crippen molar-refractivity contribution in [2.24, 2.45) is 0 Å². The van der Waals surface area contributed by atoms with Crippen molar-refractivity contribution >= 4 is 5.91 Å². The average Bonchev–Trinajstić information content (AvgIpc) is 3.27. The highest BCUT2D eigenvalue weighted by atomic mass is 19.1. The van der Waals surface area contributed by atoms with E-state index in [0.717, 1.165) is 29.9 Å². The van der Waals surface area contributed by atoms with Gasteiger partial charge in [0.25, 0.3) is 5.91 Å². The van der Waals surface area contributed by atoms with Crippen LogP contribution in [-0.4, -0.2) is 42.6 Å². The first-order chi connectivity index (χ1) is 15.1. The Morgan fingerprint density at radius 3 is 2.97 bits per heavy atom. The minimum atomic E-state index is -0.477. The number of ether oxygens (including phenoxy) is 2. The molecule has 1 amide bonds. The minimum Gasteiger partial charge on any atom is -0.497 e. The van der Waals surface area contributed by atoms with E-state index in [2.05, 4.69) is 4.98 Å². The van der Waals surface area contributed by atoms with Crippen LogP contribution in [0.2, 0.25) is 0 Å². The molecule has 7 heteroatoms. The summed E-state index contributed by atoms with van der Waals surface area (Å²) in [6, 6.07) is 13.9. The molecule has 0 bridgehead atoms. The fraction of sp³-hybridized carbons (Fsp3) is 0.333. The largest absolute Gasteiger partial charge is 0.497 e. The molecule has 1 aromatic heterocycles. The standard InChI is InChI=1S/C24H25FN2O4/c1-29-19-8-4-6-17(12-19)13-20-14-26-24(31-20)18-7-5-11-27(15-18)23(28)16-30-22-10-3-2-9-21(22)25/h2-4,6,8-10,12,14,18H,5,7,11,13,15-16H2,1H3/t18-/m0/s1. The van der Waals surface area contributed by atoms with Gasteiger partial charge >= 0.3 is 0 Å². The summed E-state index contributed by atoms with van der Waals surface area (Å²) in [5, 5.41) is 0. The number of benzene rings is 2. The van der Waals surface area contributed by atoms with Crippen molar-refractivity contribution in [2.45, 2.75) is 25.2 Å². The van der Waals surface area contributed by atoms with Crippen LogP contribution in [0.15, 0.2) is 59.1 Å². The predicted molar refractivity (Wildman–Crippen MR) is 113 cm³/mol. The monoisotopic (exact) mass is 424 g/mol. The second kappa shape index (κ2) is 9.64. The number of rotatable bonds is 7. The van der Waals surface area contributed by atoms with E-state index >= 15 is 0 Å². The van der Waals surface area contributed by atoms with Crippen LogP contribution < -0.4 is 9.47 Å². The molecule has 0 saturated carbocycles. The molecule has 2 heterocycles. The molecule has 1 aliphatic rings. The van der Waals surface area contributed by atoms with E-state index in [1.165, 1.54) is 12.1 Å². The number of aromatic nitrogens is 1. The van der Waals surface area contributed by atoms with Crippen molar-refractivity contribution in [3.05, 3.63) is 77.8 Å². The van der Waals surface area contributed by atoms with Crippen LogP contribution in [-0.2, 0) is 11.2 Å². The lowest BCUT2D eigenvalue weighted by molar-refractivity contribution is -0.134. The number of halogens is 1. The van der Waals surface area contributed by atoms with Crippen molar-refractivity contribution in [2.75, 3.05) is 26.8 Å². The van der Waals surface area contributed by atoms with Gasteiger partial charge in [-0.25, -0.2) is 9.37 Å². The summed E-state index contributed by atoms with van der Waals surface area (Å²) < 4.78 is 30.3. The lowest BCUT2D eigenvalue weighted by atomic mass is 9.98. The van der Waals surface area contributed by atoms with Crippen LogP contribution in [0.3, 0.4) is 0 Å². The normalized spacial score (nSPS) is 16.2. The fourth-order valence-corrected chi connectivity index (χ4v) is 3.77. The summed E-state index contributed by atoms with van der Waals surface area (Å²) in [6.45, 7) is 0.965. The highest BCUT2D eigenvalue weighted by molar-refractivity contribution is 5.78. The summed E-state index contributed by atoms with van der Waals surface area (Å²) >= 11 is 0. The van der Waals surface area contributed by atoms with E-state index < -0.39 is 5.82 Å². The van der Waals surface area contributed by atoms with Crippen LogP contribution in [0.5, 0.6) is 11.5 Å². The van der Waals surface area contributed by atoms with Crippen LogP contribution in [0.25, 0.3) is 0 Å². The van der Waals surface area contributed by atoms with Crippen LogP contribution >= 0.6 is 0 Å². The van der Waals surface area contributed by atoms with E-state index in [1.54, 1.807) is 30.3 Å². The van der Waals surface area contributed by atoms with Crippen molar-refractivity contribution < 1.29 is 23.1 Å². The summed E-state index contributed by atoms with van der Waals surface area (Å²) in [5.41, 5.74) is 1.08. The summed E-state index contributed by atoms with van der Waals surface area (Å²) in [7, 11) is 1.64. The fourth-order valence-electron chi connectivity index (χ4n) is 3.77. The lowest BCUT2D eigenvalue weighted by Gasteiger charge is -2.31. The van der Waals surface area contributed by atoms with Crippen molar-refractivity contribution in [3.8, 4) is 11.5 Å². The molecule has 0 spiro atoms. The van der Waals surface area contributed by atoms with Gasteiger partial charge in [-0.15, -0.1) is 0 Å². The van der Waals surface area contributed by atoms with Gasteiger partial charge < -0.3 is 18.8 Å². The van der Waals surface area contributed by atoms with Crippen LogP contribution in [0, 0.1) is 5.82 Å². The molecule has 4 rings (SSSR count). The van der Waals surface area contributed by atoms with Gasteiger partial charge in [0.15, 0.2) is 24.1 Å². The van der Waals surface area contributed by atoms with Crippen molar-refractivity contribution in [3.63, 3.8) is 0 Å². The van der Waals surface area contributed by atoms with Gasteiger partial charge in [-0.05, 0) is 42.7 Å². The number of hydrogen-bond donors (Lipinski definition) is 0. The molecule has 1 atom stereocenters. The van der Waals surface area contributed by atoms with Gasteiger partial charge in [0.2, 0.25) is 0 Å². The maximum absolute atomic E-state index is 13.7. The highest BCUT2D eigenvalue weighted by Crippen LogP contribution is 2.28. The maximum atomic E-state index is 13.7. The Kier molecular flexibility index (Phi) is 6.50. The van der Waals surface area contributed by atoms with Gasteiger partial charge in [0.1, 0.15) is 11.5 Å². The van der Waals surface area contributed by atoms with E-state index in [9.17, 15) is 9.18 Å². The summed E-state index contributed by atoms with van der Waals surface area (Å²) in [6.07, 6.45) is 4.12. The lowest BCUT2D eigenvalue weighted by Crippen LogP contribution is -2.41. The molecule has 0 N–H and O–H groups in total. The molecule has 2 aromatic carbocycles. The van der Waals surface area contributed by atoms with Gasteiger partial charge in [0, 0.05) is 19.5 Å². The number of nitrogens with zero attached hydrogens (tertiary/aromatic N) is 2. The number of likely N-dealkylation sites (tertiary alicyclic amines) is 1. The van der Waals surface area contributed by atoms with Crippen molar-refractivity contribution in [1.82, 2.24) is 9.88 Å².